The number of hydrogen-bond acceptors (Lipinski definition) is 2. The lowest BCUT2D eigenvalue weighted by atomic mass is 9.74. The van der Waals surface area contributed by atoms with E-state index in [0.29, 0.717) is 11.1 Å². The van der Waals surface area contributed by atoms with E-state index in [-0.39, 0.29) is 0 Å². The van der Waals surface area contributed by atoms with E-state index in [1.54, 1.807) is 0 Å². The zero-order valence-electron chi connectivity index (χ0n) is 11.4. The summed E-state index contributed by atoms with van der Waals surface area (Å²) in [6.07, 6.45) is 12.8. The Kier molecular flexibility index (Phi) is 3.20. The Hall–Kier alpha value is -0.0800. The van der Waals surface area contributed by atoms with Gasteiger partial charge in [-0.2, -0.15) is 0 Å². The van der Waals surface area contributed by atoms with Gasteiger partial charge in [0, 0.05) is 17.6 Å². The molecule has 3 aliphatic rings. The summed E-state index contributed by atoms with van der Waals surface area (Å²) < 4.78 is 0. The Balaban J connectivity index is 1.72. The summed E-state index contributed by atoms with van der Waals surface area (Å²) in [5.41, 5.74) is 1.03. The number of nitrogens with zero attached hydrogens (tertiary/aromatic N) is 1. The Labute approximate surface area is 106 Å². The largest absolute Gasteiger partial charge is 0.310 e. The Bertz CT molecular complexity index is 264. The van der Waals surface area contributed by atoms with Crippen LogP contribution >= 0.6 is 0 Å². The molecule has 1 aliphatic heterocycles. The number of hydrogen-bond donors (Lipinski definition) is 1. The first-order valence-electron chi connectivity index (χ1n) is 7.73. The minimum atomic E-state index is 0.480. The predicted molar refractivity (Wildman–Crippen MR) is 72.3 cm³/mol. The Morgan fingerprint density at radius 3 is 2.29 bits per heavy atom. The van der Waals surface area contributed by atoms with E-state index in [4.69, 9.17) is 0 Å². The second-order valence-corrected chi connectivity index (χ2v) is 6.89. The molecule has 2 heteroatoms. The molecule has 2 nitrogen and oxygen atoms in total. The van der Waals surface area contributed by atoms with Crippen LogP contribution in [0.4, 0.5) is 0 Å². The first kappa shape index (κ1) is 12.0. The summed E-state index contributed by atoms with van der Waals surface area (Å²) in [5, 5.41) is 3.91. The van der Waals surface area contributed by atoms with Crippen LogP contribution in [0.15, 0.2) is 0 Å². The lowest BCUT2D eigenvalue weighted by Crippen LogP contribution is -2.59. The maximum absolute atomic E-state index is 3.91. The van der Waals surface area contributed by atoms with E-state index in [1.165, 1.54) is 77.4 Å². The van der Waals surface area contributed by atoms with Crippen molar-refractivity contribution in [2.24, 2.45) is 0 Å². The highest BCUT2D eigenvalue weighted by Gasteiger charge is 2.43. The molecule has 17 heavy (non-hydrogen) atoms. The minimum absolute atomic E-state index is 0.480. The van der Waals surface area contributed by atoms with Crippen molar-refractivity contribution in [3.05, 3.63) is 0 Å². The van der Waals surface area contributed by atoms with E-state index in [2.05, 4.69) is 17.1 Å². The van der Waals surface area contributed by atoms with Gasteiger partial charge in [0.1, 0.15) is 0 Å². The molecule has 0 bridgehead atoms. The predicted octanol–water partition coefficient (Wildman–Crippen LogP) is 2.93. The summed E-state index contributed by atoms with van der Waals surface area (Å²) in [6.45, 7) is 6.39. The summed E-state index contributed by atoms with van der Waals surface area (Å²) in [7, 11) is 0. The monoisotopic (exact) mass is 236 g/mol. The normalized spacial score (nSPS) is 33.0. The van der Waals surface area contributed by atoms with Gasteiger partial charge in [-0.05, 0) is 58.5 Å². The number of nitrogens with one attached hydrogen (secondary N) is 1. The molecular formula is C15H28N2. The molecule has 0 atom stereocenters. The van der Waals surface area contributed by atoms with Crippen LogP contribution < -0.4 is 5.32 Å². The maximum Gasteiger partial charge on any atom is 0.0309 e. The zero-order chi connectivity index (χ0) is 11.8. The smallest absolute Gasteiger partial charge is 0.0309 e. The van der Waals surface area contributed by atoms with Gasteiger partial charge in [0.25, 0.3) is 0 Å². The van der Waals surface area contributed by atoms with Gasteiger partial charge in [-0.15, -0.1) is 0 Å². The van der Waals surface area contributed by atoms with Crippen molar-refractivity contribution in [2.75, 3.05) is 19.6 Å². The SMILES string of the molecule is CC1(N2CCCNC3(CCCCC3)C2)CCC1. The van der Waals surface area contributed by atoms with Gasteiger partial charge in [-0.3, -0.25) is 4.90 Å². The standard InChI is InChI=1S/C15H28N2/c1-14(7-5-8-14)17-12-6-11-16-15(13-17)9-3-2-4-10-15/h16H,2-13H2,1H3. The summed E-state index contributed by atoms with van der Waals surface area (Å²) >= 11 is 0. The molecule has 0 unspecified atom stereocenters. The molecule has 2 saturated carbocycles. The quantitative estimate of drug-likeness (QED) is 0.753. The fourth-order valence-corrected chi connectivity index (χ4v) is 4.15. The van der Waals surface area contributed by atoms with Crippen LogP contribution in [0.3, 0.4) is 0 Å². The number of rotatable bonds is 1. The zero-order valence-corrected chi connectivity index (χ0v) is 11.4. The highest BCUT2D eigenvalue weighted by molar-refractivity contribution is 5.02. The van der Waals surface area contributed by atoms with Crippen molar-refractivity contribution in [1.82, 2.24) is 10.2 Å². The Morgan fingerprint density at radius 1 is 0.882 bits per heavy atom. The molecule has 0 amide bonds. The first-order chi connectivity index (χ1) is 8.23. The fourth-order valence-electron chi connectivity index (χ4n) is 4.15. The molecular weight excluding hydrogens is 208 g/mol. The summed E-state index contributed by atoms with van der Waals surface area (Å²) in [6, 6.07) is 0. The summed E-state index contributed by atoms with van der Waals surface area (Å²) in [4.78, 5) is 2.84. The second kappa shape index (κ2) is 4.55. The van der Waals surface area contributed by atoms with Crippen LogP contribution in [-0.4, -0.2) is 35.6 Å². The van der Waals surface area contributed by atoms with E-state index >= 15 is 0 Å². The molecule has 1 N–H and O–H groups in total. The van der Waals surface area contributed by atoms with Crippen LogP contribution in [-0.2, 0) is 0 Å². The van der Waals surface area contributed by atoms with Gasteiger partial charge in [0.15, 0.2) is 0 Å². The van der Waals surface area contributed by atoms with Gasteiger partial charge in [-0.1, -0.05) is 19.3 Å². The topological polar surface area (TPSA) is 15.3 Å². The molecule has 98 valence electrons. The third-order valence-corrected chi connectivity index (χ3v) is 5.60. The molecule has 1 spiro atoms. The average molecular weight is 236 g/mol. The van der Waals surface area contributed by atoms with E-state index < -0.39 is 0 Å². The third-order valence-electron chi connectivity index (χ3n) is 5.60. The minimum Gasteiger partial charge on any atom is -0.310 e. The molecule has 0 aromatic heterocycles. The molecule has 2 aliphatic carbocycles. The van der Waals surface area contributed by atoms with Crippen LogP contribution in [0.1, 0.15) is 64.7 Å². The van der Waals surface area contributed by atoms with Gasteiger partial charge in [0.2, 0.25) is 0 Å². The molecule has 0 aromatic rings. The van der Waals surface area contributed by atoms with Gasteiger partial charge in [-0.25, -0.2) is 0 Å². The summed E-state index contributed by atoms with van der Waals surface area (Å²) in [5.74, 6) is 0. The third kappa shape index (κ3) is 2.26. The van der Waals surface area contributed by atoms with E-state index in [0.717, 1.165) is 0 Å². The van der Waals surface area contributed by atoms with Crippen molar-refractivity contribution >= 4 is 0 Å². The lowest BCUT2D eigenvalue weighted by molar-refractivity contribution is 0.0113. The van der Waals surface area contributed by atoms with Crippen LogP contribution in [0.25, 0.3) is 0 Å². The molecule has 1 heterocycles. The van der Waals surface area contributed by atoms with Crippen molar-refractivity contribution in [2.45, 2.75) is 75.8 Å². The van der Waals surface area contributed by atoms with E-state index in [1.807, 2.05) is 0 Å². The van der Waals surface area contributed by atoms with Crippen molar-refractivity contribution < 1.29 is 0 Å². The molecule has 1 saturated heterocycles. The van der Waals surface area contributed by atoms with Crippen LogP contribution in [0, 0.1) is 0 Å². The molecule has 3 fully saturated rings. The lowest BCUT2D eigenvalue weighted by Gasteiger charge is -2.51. The fraction of sp³-hybridized carbons (Fsp3) is 1.00. The van der Waals surface area contributed by atoms with Gasteiger partial charge in [0.05, 0.1) is 0 Å². The first-order valence-corrected chi connectivity index (χ1v) is 7.73. The molecule has 0 radical (unpaired) electrons. The van der Waals surface area contributed by atoms with Crippen molar-refractivity contribution in [3.63, 3.8) is 0 Å². The van der Waals surface area contributed by atoms with Crippen molar-refractivity contribution in [3.8, 4) is 0 Å². The van der Waals surface area contributed by atoms with Gasteiger partial charge < -0.3 is 5.32 Å². The average Bonchev–Trinajstić information content (AvgIpc) is 2.50. The van der Waals surface area contributed by atoms with Crippen LogP contribution in [0.5, 0.6) is 0 Å². The highest BCUT2D eigenvalue weighted by atomic mass is 15.2. The van der Waals surface area contributed by atoms with E-state index in [9.17, 15) is 0 Å². The van der Waals surface area contributed by atoms with Crippen LogP contribution in [0.2, 0.25) is 0 Å². The maximum atomic E-state index is 3.91. The second-order valence-electron chi connectivity index (χ2n) is 6.89. The molecule has 0 aromatic carbocycles. The highest BCUT2D eigenvalue weighted by Crippen LogP contribution is 2.40. The van der Waals surface area contributed by atoms with Gasteiger partial charge >= 0.3 is 0 Å². The molecule has 3 rings (SSSR count). The van der Waals surface area contributed by atoms with Crippen molar-refractivity contribution in [1.29, 1.82) is 0 Å². The Morgan fingerprint density at radius 2 is 1.65 bits per heavy atom.